The molecule has 2 aromatic rings. The Labute approximate surface area is 194 Å². The second kappa shape index (κ2) is 8.57. The molecule has 0 bridgehead atoms. The van der Waals surface area contributed by atoms with E-state index in [-0.39, 0.29) is 11.7 Å². The van der Waals surface area contributed by atoms with Gasteiger partial charge in [-0.15, -0.1) is 0 Å². The number of alkyl halides is 2. The van der Waals surface area contributed by atoms with Crippen LogP contribution in [0.25, 0.3) is 0 Å². The minimum absolute atomic E-state index is 0.114. The molecule has 4 atom stereocenters. The number of hydrogen-bond acceptors (Lipinski definition) is 5. The summed E-state index contributed by atoms with van der Waals surface area (Å²) in [5, 5.41) is 5.79. The van der Waals surface area contributed by atoms with E-state index in [9.17, 15) is 22.8 Å². The van der Waals surface area contributed by atoms with Crippen LogP contribution in [0.5, 0.6) is 0 Å². The third kappa shape index (κ3) is 4.22. The molecule has 10 heteroatoms. The molecule has 0 radical (unpaired) electrons. The maximum absolute atomic E-state index is 14.4. The fourth-order valence-corrected chi connectivity index (χ4v) is 5.25. The van der Waals surface area contributed by atoms with Crippen molar-refractivity contribution in [3.8, 4) is 0 Å². The fourth-order valence-electron chi connectivity index (χ4n) is 5.25. The van der Waals surface area contributed by atoms with Gasteiger partial charge in [-0.05, 0) is 67.5 Å². The first kappa shape index (κ1) is 22.6. The minimum Gasteiger partial charge on any atom is -0.384 e. The molecule has 2 fully saturated rings. The summed E-state index contributed by atoms with van der Waals surface area (Å²) in [5.74, 6) is -4.47. The molecule has 0 spiro atoms. The molecule has 2 aliphatic heterocycles. The monoisotopic (exact) mass is 473 g/mol. The van der Waals surface area contributed by atoms with E-state index in [1.54, 1.807) is 24.3 Å². The third-order valence-corrected chi connectivity index (χ3v) is 6.97. The predicted molar refractivity (Wildman–Crippen MR) is 118 cm³/mol. The number of anilines is 1. The number of amides is 2. The molecular weight excluding hydrogens is 447 g/mol. The molecule has 1 aromatic heterocycles. The molecule has 2 amide bonds. The highest BCUT2D eigenvalue weighted by molar-refractivity contribution is 5.93. The number of nitrogens with two attached hydrogens (primary N) is 1. The molecule has 0 saturated carbocycles. The second-order valence-electron chi connectivity index (χ2n) is 9.39. The van der Waals surface area contributed by atoms with Crippen molar-refractivity contribution in [2.45, 2.75) is 49.7 Å². The van der Waals surface area contributed by atoms with E-state index in [1.165, 1.54) is 12.1 Å². The van der Waals surface area contributed by atoms with Gasteiger partial charge in [0.1, 0.15) is 11.6 Å². The number of benzene rings is 1. The van der Waals surface area contributed by atoms with Gasteiger partial charge in [-0.25, -0.2) is 18.2 Å². The van der Waals surface area contributed by atoms with E-state index in [0.717, 1.165) is 21.7 Å². The smallest absolute Gasteiger partial charge is 0.294 e. The fraction of sp³-hybridized carbons (Fsp3) is 0.458. The largest absolute Gasteiger partial charge is 0.384 e. The van der Waals surface area contributed by atoms with Gasteiger partial charge >= 0.3 is 0 Å². The number of nitrogen functional groups attached to an aromatic ring is 1. The van der Waals surface area contributed by atoms with Crippen LogP contribution in [0.15, 0.2) is 36.4 Å². The van der Waals surface area contributed by atoms with Crippen LogP contribution in [0.1, 0.15) is 35.7 Å². The number of fused-ring (bicyclic) bond motifs is 1. The molecule has 1 aromatic carbocycles. The van der Waals surface area contributed by atoms with Crippen LogP contribution in [-0.4, -0.2) is 52.8 Å². The van der Waals surface area contributed by atoms with Gasteiger partial charge < -0.3 is 21.3 Å². The Morgan fingerprint density at radius 2 is 1.97 bits per heavy atom. The molecule has 4 N–H and O–H groups in total. The maximum atomic E-state index is 14.4. The summed E-state index contributed by atoms with van der Waals surface area (Å²) < 4.78 is 42.0. The van der Waals surface area contributed by atoms with Gasteiger partial charge in [-0.2, -0.15) is 0 Å². The van der Waals surface area contributed by atoms with E-state index >= 15 is 0 Å². The van der Waals surface area contributed by atoms with E-state index < -0.39 is 42.4 Å². The molecule has 180 valence electrons. The molecule has 34 heavy (non-hydrogen) atoms. The van der Waals surface area contributed by atoms with Gasteiger partial charge in [-0.1, -0.05) is 18.2 Å². The number of halogens is 3. The van der Waals surface area contributed by atoms with E-state index in [1.807, 2.05) is 0 Å². The molecule has 5 rings (SSSR count). The van der Waals surface area contributed by atoms with Gasteiger partial charge in [0.15, 0.2) is 6.04 Å². The average Bonchev–Trinajstić information content (AvgIpc) is 3.40. The molecule has 3 heterocycles. The van der Waals surface area contributed by atoms with Crippen molar-refractivity contribution in [2.24, 2.45) is 5.92 Å². The Morgan fingerprint density at radius 1 is 1.21 bits per heavy atom. The lowest BCUT2D eigenvalue weighted by Gasteiger charge is -2.47. The highest BCUT2D eigenvalue weighted by atomic mass is 19.3. The standard InChI is InChI=1S/C24H26F3N5O2/c25-15-3-1-13(2-4-15)9-14-10-19(29-11-14)23(34)32-12-24(26,27)21(32)22(33)31-18-7-6-17-16(18)5-8-20(28)30-17/h1-5,8,14,18-19,21,29H,6-7,9-12H2,(H2,28,30)(H,31,33)/t14-,18?,19+,21+/m0/s1. The molecule has 7 nitrogen and oxygen atoms in total. The van der Waals surface area contributed by atoms with Crippen molar-refractivity contribution in [3.63, 3.8) is 0 Å². The Balaban J connectivity index is 1.21. The molecule has 3 aliphatic rings. The number of carbonyl (C=O) groups is 2. The molecule has 2 saturated heterocycles. The lowest BCUT2D eigenvalue weighted by molar-refractivity contribution is -0.199. The van der Waals surface area contributed by atoms with Crippen LogP contribution in [0.2, 0.25) is 0 Å². The Morgan fingerprint density at radius 3 is 2.71 bits per heavy atom. The summed E-state index contributed by atoms with van der Waals surface area (Å²) in [6, 6.07) is 6.65. The first-order valence-corrected chi connectivity index (χ1v) is 11.4. The number of nitrogens with one attached hydrogen (secondary N) is 2. The number of carbonyl (C=O) groups excluding carboxylic acids is 2. The highest BCUT2D eigenvalue weighted by Crippen LogP contribution is 2.38. The summed E-state index contributed by atoms with van der Waals surface area (Å²) in [6.45, 7) is -0.228. The number of nitrogens with zero attached hydrogens (tertiary/aromatic N) is 2. The summed E-state index contributed by atoms with van der Waals surface area (Å²) in [5.41, 5.74) is 8.16. The van der Waals surface area contributed by atoms with Crippen molar-refractivity contribution in [1.29, 1.82) is 0 Å². The number of aromatic nitrogens is 1. The summed E-state index contributed by atoms with van der Waals surface area (Å²) in [4.78, 5) is 31.1. The Hall–Kier alpha value is -3.14. The highest BCUT2D eigenvalue weighted by Gasteiger charge is 2.61. The van der Waals surface area contributed by atoms with Gasteiger partial charge in [0, 0.05) is 5.69 Å². The van der Waals surface area contributed by atoms with Crippen molar-refractivity contribution in [1.82, 2.24) is 20.5 Å². The van der Waals surface area contributed by atoms with Crippen LogP contribution < -0.4 is 16.4 Å². The van der Waals surface area contributed by atoms with Crippen LogP contribution in [0.4, 0.5) is 19.0 Å². The summed E-state index contributed by atoms with van der Waals surface area (Å²) in [7, 11) is 0. The van der Waals surface area contributed by atoms with E-state index in [2.05, 4.69) is 15.6 Å². The third-order valence-electron chi connectivity index (χ3n) is 6.97. The van der Waals surface area contributed by atoms with Gasteiger partial charge in [0.2, 0.25) is 11.8 Å². The Bertz CT molecular complexity index is 1110. The van der Waals surface area contributed by atoms with Gasteiger partial charge in [-0.3, -0.25) is 9.59 Å². The lowest BCUT2D eigenvalue weighted by atomic mass is 9.92. The number of aryl methyl sites for hydroxylation is 1. The van der Waals surface area contributed by atoms with E-state index in [4.69, 9.17) is 5.73 Å². The van der Waals surface area contributed by atoms with Crippen molar-refractivity contribution >= 4 is 17.6 Å². The SMILES string of the molecule is Nc1ccc2c(n1)CCC2NC(=O)[C@H]1N(C(=O)[C@H]2C[C@H](Cc3ccc(F)cc3)CN2)CC1(F)F. The molecule has 1 aliphatic carbocycles. The van der Waals surface area contributed by atoms with E-state index in [0.29, 0.717) is 38.0 Å². The number of pyridine rings is 1. The van der Waals surface area contributed by atoms with Gasteiger partial charge in [0.05, 0.1) is 18.6 Å². The normalized spacial score (nSPS) is 27.2. The number of likely N-dealkylation sites (tertiary alicyclic amines) is 1. The van der Waals surface area contributed by atoms with Crippen LogP contribution in [0, 0.1) is 11.7 Å². The van der Waals surface area contributed by atoms with Crippen LogP contribution in [0.3, 0.4) is 0 Å². The maximum Gasteiger partial charge on any atom is 0.294 e. The second-order valence-corrected chi connectivity index (χ2v) is 9.39. The number of rotatable bonds is 5. The zero-order chi connectivity index (χ0) is 24.0. The Kier molecular flexibility index (Phi) is 5.71. The predicted octanol–water partition coefficient (Wildman–Crippen LogP) is 1.97. The average molecular weight is 473 g/mol. The number of hydrogen-bond donors (Lipinski definition) is 3. The topological polar surface area (TPSA) is 100 Å². The molecular formula is C24H26F3N5O2. The van der Waals surface area contributed by atoms with Crippen LogP contribution in [-0.2, 0) is 22.4 Å². The summed E-state index contributed by atoms with van der Waals surface area (Å²) in [6.07, 6.45) is 2.25. The minimum atomic E-state index is -3.29. The van der Waals surface area contributed by atoms with Gasteiger partial charge in [0.25, 0.3) is 5.92 Å². The summed E-state index contributed by atoms with van der Waals surface area (Å²) >= 11 is 0. The van der Waals surface area contributed by atoms with Crippen molar-refractivity contribution < 1.29 is 22.8 Å². The zero-order valence-electron chi connectivity index (χ0n) is 18.4. The molecule has 1 unspecified atom stereocenters. The van der Waals surface area contributed by atoms with Crippen LogP contribution >= 0.6 is 0 Å². The quantitative estimate of drug-likeness (QED) is 0.617. The first-order valence-electron chi connectivity index (χ1n) is 11.4. The van der Waals surface area contributed by atoms with Crippen molar-refractivity contribution in [3.05, 3.63) is 59.0 Å². The zero-order valence-corrected chi connectivity index (χ0v) is 18.4. The first-order chi connectivity index (χ1) is 16.2. The van der Waals surface area contributed by atoms with Crippen molar-refractivity contribution in [2.75, 3.05) is 18.8 Å². The lowest BCUT2D eigenvalue weighted by Crippen LogP contribution is -2.73.